The van der Waals surface area contributed by atoms with E-state index in [9.17, 15) is 9.90 Å². The van der Waals surface area contributed by atoms with Crippen molar-refractivity contribution in [3.63, 3.8) is 0 Å². The maximum absolute atomic E-state index is 12.4. The Labute approximate surface area is 138 Å². The van der Waals surface area contributed by atoms with Gasteiger partial charge in [0.2, 0.25) is 0 Å². The normalized spacial score (nSPS) is 27.8. The van der Waals surface area contributed by atoms with Crippen molar-refractivity contribution in [3.05, 3.63) is 39.1 Å². The molecule has 4 nitrogen and oxygen atoms in total. The fraction of sp³-hybridized carbons (Fsp3) is 0.438. The molecular formula is C16H16Cl2O4. The van der Waals surface area contributed by atoms with Gasteiger partial charge in [0.1, 0.15) is 5.57 Å². The van der Waals surface area contributed by atoms with Gasteiger partial charge in [-0.15, -0.1) is 0 Å². The summed E-state index contributed by atoms with van der Waals surface area (Å²) in [5.74, 6) is -0.606. The molecule has 0 bridgehead atoms. The van der Waals surface area contributed by atoms with E-state index in [-0.39, 0.29) is 17.4 Å². The van der Waals surface area contributed by atoms with Crippen LogP contribution in [-0.4, -0.2) is 29.9 Å². The first-order chi connectivity index (χ1) is 10.4. The molecule has 2 aliphatic rings. The fourth-order valence-electron chi connectivity index (χ4n) is 3.32. The molecule has 2 atom stereocenters. The maximum Gasteiger partial charge on any atom is 0.343 e. The SMILES string of the molecule is COC1CCC2(C1)OC(=O)C(c1c(C)cc(Cl)cc1Cl)=C2O. The van der Waals surface area contributed by atoms with Gasteiger partial charge in [-0.05, 0) is 37.5 Å². The largest absolute Gasteiger partial charge is 0.507 e. The van der Waals surface area contributed by atoms with Crippen LogP contribution in [0.2, 0.25) is 10.0 Å². The monoisotopic (exact) mass is 342 g/mol. The predicted molar refractivity (Wildman–Crippen MR) is 84.2 cm³/mol. The Morgan fingerprint density at radius 1 is 1.41 bits per heavy atom. The lowest BCUT2D eigenvalue weighted by Gasteiger charge is -2.22. The standard InChI is InChI=1S/C16H16Cl2O4/c1-8-5-9(17)6-11(18)12(8)13-14(19)16(22-15(13)20)4-3-10(7-16)21-2/h5-6,10,19H,3-4,7H2,1-2H3. The van der Waals surface area contributed by atoms with E-state index in [0.29, 0.717) is 34.0 Å². The van der Waals surface area contributed by atoms with Crippen LogP contribution >= 0.6 is 23.2 Å². The molecule has 118 valence electrons. The van der Waals surface area contributed by atoms with Gasteiger partial charge in [-0.3, -0.25) is 0 Å². The van der Waals surface area contributed by atoms with E-state index in [2.05, 4.69) is 0 Å². The Kier molecular flexibility index (Phi) is 3.87. The number of hydrogen-bond acceptors (Lipinski definition) is 4. The number of aliphatic hydroxyl groups is 1. The minimum absolute atomic E-state index is 0.0314. The quantitative estimate of drug-likeness (QED) is 0.823. The van der Waals surface area contributed by atoms with E-state index in [1.54, 1.807) is 26.2 Å². The minimum Gasteiger partial charge on any atom is -0.507 e. The van der Waals surface area contributed by atoms with E-state index < -0.39 is 11.6 Å². The highest BCUT2D eigenvalue weighted by Gasteiger charge is 2.53. The number of halogens is 2. The second kappa shape index (κ2) is 5.44. The van der Waals surface area contributed by atoms with E-state index in [1.165, 1.54) is 0 Å². The van der Waals surface area contributed by atoms with Crippen LogP contribution in [0.1, 0.15) is 30.4 Å². The molecule has 0 radical (unpaired) electrons. The number of rotatable bonds is 2. The number of aryl methyl sites for hydroxylation is 1. The molecule has 1 spiro atoms. The highest BCUT2D eigenvalue weighted by Crippen LogP contribution is 2.48. The molecular weight excluding hydrogens is 327 g/mol. The summed E-state index contributed by atoms with van der Waals surface area (Å²) in [5.41, 5.74) is 0.347. The first-order valence-corrected chi connectivity index (χ1v) is 7.79. The van der Waals surface area contributed by atoms with Crippen molar-refractivity contribution in [1.82, 2.24) is 0 Å². The lowest BCUT2D eigenvalue weighted by Crippen LogP contribution is -2.29. The summed E-state index contributed by atoms with van der Waals surface area (Å²) in [6.07, 6.45) is 1.69. The van der Waals surface area contributed by atoms with E-state index in [1.807, 2.05) is 0 Å². The van der Waals surface area contributed by atoms with Gasteiger partial charge < -0.3 is 14.6 Å². The van der Waals surface area contributed by atoms with Gasteiger partial charge in [0.05, 0.1) is 11.1 Å². The number of esters is 1. The molecule has 0 amide bonds. The van der Waals surface area contributed by atoms with Crippen LogP contribution < -0.4 is 0 Å². The summed E-state index contributed by atoms with van der Waals surface area (Å²) in [4.78, 5) is 12.4. The Hall–Kier alpha value is -1.23. The molecule has 0 saturated heterocycles. The van der Waals surface area contributed by atoms with Crippen LogP contribution in [-0.2, 0) is 14.3 Å². The summed E-state index contributed by atoms with van der Waals surface area (Å²) in [6.45, 7) is 1.79. The number of ether oxygens (including phenoxy) is 2. The van der Waals surface area contributed by atoms with Gasteiger partial charge in [0.15, 0.2) is 11.4 Å². The second-order valence-corrected chi connectivity index (χ2v) is 6.63. The van der Waals surface area contributed by atoms with Crippen molar-refractivity contribution >= 4 is 34.7 Å². The zero-order valence-electron chi connectivity index (χ0n) is 12.3. The highest BCUT2D eigenvalue weighted by atomic mass is 35.5. The van der Waals surface area contributed by atoms with E-state index in [0.717, 1.165) is 6.42 Å². The smallest absolute Gasteiger partial charge is 0.343 e. The molecule has 22 heavy (non-hydrogen) atoms. The predicted octanol–water partition coefficient (Wildman–Crippen LogP) is 4.07. The molecule has 1 N–H and O–H groups in total. The molecule has 3 rings (SSSR count). The molecule has 1 heterocycles. The fourth-order valence-corrected chi connectivity index (χ4v) is 4.01. The van der Waals surface area contributed by atoms with Crippen LogP contribution in [0.25, 0.3) is 5.57 Å². The lowest BCUT2D eigenvalue weighted by molar-refractivity contribution is -0.146. The van der Waals surface area contributed by atoms with Crippen LogP contribution in [0.5, 0.6) is 0 Å². The van der Waals surface area contributed by atoms with Crippen LogP contribution in [0.15, 0.2) is 17.9 Å². The third kappa shape index (κ3) is 2.30. The Morgan fingerprint density at radius 3 is 2.73 bits per heavy atom. The zero-order valence-corrected chi connectivity index (χ0v) is 13.8. The first-order valence-electron chi connectivity index (χ1n) is 7.04. The Balaban J connectivity index is 2.11. The Morgan fingerprint density at radius 2 is 2.14 bits per heavy atom. The van der Waals surface area contributed by atoms with Crippen LogP contribution in [0, 0.1) is 6.92 Å². The molecule has 1 aromatic rings. The molecule has 1 aromatic carbocycles. The summed E-state index contributed by atoms with van der Waals surface area (Å²) in [5, 5.41) is 11.5. The van der Waals surface area contributed by atoms with Gasteiger partial charge >= 0.3 is 5.97 Å². The number of hydrogen-bond donors (Lipinski definition) is 1. The zero-order chi connectivity index (χ0) is 16.1. The van der Waals surface area contributed by atoms with Gasteiger partial charge in [0, 0.05) is 24.1 Å². The van der Waals surface area contributed by atoms with E-state index in [4.69, 9.17) is 32.7 Å². The van der Waals surface area contributed by atoms with Crippen molar-refractivity contribution in [1.29, 1.82) is 0 Å². The Bertz CT molecular complexity index is 660. The van der Waals surface area contributed by atoms with Crippen molar-refractivity contribution in [2.24, 2.45) is 0 Å². The van der Waals surface area contributed by atoms with Crippen molar-refractivity contribution < 1.29 is 19.4 Å². The maximum atomic E-state index is 12.4. The summed E-state index contributed by atoms with van der Waals surface area (Å²) in [7, 11) is 1.61. The minimum atomic E-state index is -0.984. The molecule has 1 aliphatic heterocycles. The third-order valence-corrected chi connectivity index (χ3v) is 4.94. The average Bonchev–Trinajstić information content (AvgIpc) is 2.95. The third-order valence-electron chi connectivity index (χ3n) is 4.42. The summed E-state index contributed by atoms with van der Waals surface area (Å²) < 4.78 is 10.8. The number of carbonyl (C=O) groups excluding carboxylic acids is 1. The van der Waals surface area contributed by atoms with Gasteiger partial charge in [-0.2, -0.15) is 0 Å². The highest BCUT2D eigenvalue weighted by molar-refractivity contribution is 6.37. The molecule has 6 heteroatoms. The number of methoxy groups -OCH3 is 1. The summed E-state index contributed by atoms with van der Waals surface area (Å²) >= 11 is 12.2. The molecule has 1 fully saturated rings. The summed E-state index contributed by atoms with van der Waals surface area (Å²) in [6, 6.07) is 3.25. The van der Waals surface area contributed by atoms with Gasteiger partial charge in [-0.1, -0.05) is 23.2 Å². The second-order valence-electron chi connectivity index (χ2n) is 5.79. The van der Waals surface area contributed by atoms with Gasteiger partial charge in [0.25, 0.3) is 0 Å². The van der Waals surface area contributed by atoms with Crippen molar-refractivity contribution in [2.75, 3.05) is 7.11 Å². The number of aliphatic hydroxyl groups excluding tert-OH is 1. The van der Waals surface area contributed by atoms with Gasteiger partial charge in [-0.25, -0.2) is 4.79 Å². The number of carbonyl (C=O) groups is 1. The van der Waals surface area contributed by atoms with E-state index >= 15 is 0 Å². The number of benzene rings is 1. The molecule has 1 aliphatic carbocycles. The first kappa shape index (κ1) is 15.7. The molecule has 1 saturated carbocycles. The van der Waals surface area contributed by atoms with Crippen molar-refractivity contribution in [2.45, 2.75) is 37.9 Å². The lowest BCUT2D eigenvalue weighted by atomic mass is 9.93. The van der Waals surface area contributed by atoms with Crippen LogP contribution in [0.4, 0.5) is 0 Å². The molecule has 0 aromatic heterocycles. The topological polar surface area (TPSA) is 55.8 Å². The average molecular weight is 343 g/mol. The van der Waals surface area contributed by atoms with Crippen LogP contribution in [0.3, 0.4) is 0 Å². The van der Waals surface area contributed by atoms with Crippen molar-refractivity contribution in [3.8, 4) is 0 Å². The molecule has 2 unspecified atom stereocenters.